The molecule has 0 bridgehead atoms. The molecule has 0 aliphatic carbocycles. The van der Waals surface area contributed by atoms with E-state index in [9.17, 15) is 9.59 Å². The van der Waals surface area contributed by atoms with Gasteiger partial charge in [0, 0.05) is 41.2 Å². The lowest BCUT2D eigenvalue weighted by molar-refractivity contribution is -0.682. The van der Waals surface area contributed by atoms with Gasteiger partial charge in [-0.25, -0.2) is 0 Å². The lowest BCUT2D eigenvalue weighted by Crippen LogP contribution is -2.37. The number of thioether (sulfide) groups is 1. The summed E-state index contributed by atoms with van der Waals surface area (Å²) in [5.74, 6) is 0.876. The van der Waals surface area contributed by atoms with Gasteiger partial charge in [0.25, 0.3) is 0 Å². The summed E-state index contributed by atoms with van der Waals surface area (Å²) in [6, 6.07) is 15.4. The number of hydrogen-bond acceptors (Lipinski definition) is 7. The number of nitrogens with zero attached hydrogens (tertiary/aromatic N) is 3. The SMILES string of the molecule is O=C(Cc1cnccc1SCc1cc(-c2ccc[n+](CC(=O)c3cccs3)c2)n[nH]1)c1cccs1. The van der Waals surface area contributed by atoms with Crippen molar-refractivity contribution < 1.29 is 14.2 Å². The molecule has 0 aliphatic rings. The second-order valence-electron chi connectivity index (χ2n) is 7.79. The van der Waals surface area contributed by atoms with Crippen molar-refractivity contribution in [3.63, 3.8) is 0 Å². The van der Waals surface area contributed by atoms with Crippen molar-refractivity contribution in [3.05, 3.63) is 105 Å². The third-order valence-electron chi connectivity index (χ3n) is 5.30. The number of thiophene rings is 2. The number of H-pyrrole nitrogens is 1. The molecule has 0 saturated carbocycles. The van der Waals surface area contributed by atoms with Crippen LogP contribution in [0.3, 0.4) is 0 Å². The predicted octanol–water partition coefficient (Wildman–Crippen LogP) is 5.48. The molecule has 5 rings (SSSR count). The molecule has 0 unspecified atom stereocenters. The van der Waals surface area contributed by atoms with Crippen LogP contribution in [0.5, 0.6) is 0 Å². The maximum atomic E-state index is 12.6. The van der Waals surface area contributed by atoms with Gasteiger partial charge in [-0.15, -0.1) is 34.4 Å². The van der Waals surface area contributed by atoms with E-state index in [0.717, 1.165) is 37.2 Å². The standard InChI is InChI=1S/C26H21N4O2S3/c31-22(25-5-2-10-33-25)12-19-14-27-8-7-24(19)35-17-20-13-21(29-28-20)18-4-1-9-30(15-18)16-23(32)26-6-3-11-34-26/h1-11,13-15H,12,16-17H2,(H,28,29)/q+1. The molecule has 0 saturated heterocycles. The Morgan fingerprint density at radius 3 is 2.57 bits per heavy atom. The van der Waals surface area contributed by atoms with Crippen LogP contribution in [0.2, 0.25) is 0 Å². The molecule has 0 aromatic carbocycles. The van der Waals surface area contributed by atoms with Crippen molar-refractivity contribution in [2.45, 2.75) is 23.6 Å². The maximum absolute atomic E-state index is 12.6. The first-order valence-electron chi connectivity index (χ1n) is 10.9. The zero-order valence-electron chi connectivity index (χ0n) is 18.6. The summed E-state index contributed by atoms with van der Waals surface area (Å²) in [6.45, 7) is 0.288. The minimum atomic E-state index is 0.0898. The number of carbonyl (C=O) groups excluding carboxylic acids is 2. The number of carbonyl (C=O) groups is 2. The van der Waals surface area contributed by atoms with Crippen molar-refractivity contribution in [3.8, 4) is 11.3 Å². The number of aromatic nitrogens is 4. The van der Waals surface area contributed by atoms with Crippen LogP contribution in [0.4, 0.5) is 0 Å². The Morgan fingerprint density at radius 1 is 1.00 bits per heavy atom. The molecule has 6 nitrogen and oxygen atoms in total. The van der Waals surface area contributed by atoms with Crippen molar-refractivity contribution in [2.24, 2.45) is 0 Å². The first-order chi connectivity index (χ1) is 17.2. The summed E-state index contributed by atoms with van der Waals surface area (Å²) >= 11 is 4.57. The van der Waals surface area contributed by atoms with E-state index in [2.05, 4.69) is 15.2 Å². The quantitative estimate of drug-likeness (QED) is 0.151. The number of Topliss-reactive ketones (excluding diaryl/α,β-unsaturated/α-hetero) is 2. The van der Waals surface area contributed by atoms with Gasteiger partial charge < -0.3 is 0 Å². The molecule has 1 N–H and O–H groups in total. The fourth-order valence-electron chi connectivity index (χ4n) is 3.58. The number of nitrogens with one attached hydrogen (secondary N) is 1. The number of aromatic amines is 1. The fourth-order valence-corrected chi connectivity index (χ4v) is 5.82. The van der Waals surface area contributed by atoms with Gasteiger partial charge in [0.05, 0.1) is 21.0 Å². The monoisotopic (exact) mass is 517 g/mol. The molecular weight excluding hydrogens is 497 g/mol. The molecule has 0 radical (unpaired) electrons. The zero-order valence-corrected chi connectivity index (χ0v) is 21.0. The van der Waals surface area contributed by atoms with Crippen molar-refractivity contribution >= 4 is 46.0 Å². The van der Waals surface area contributed by atoms with Crippen molar-refractivity contribution in [1.29, 1.82) is 0 Å². The highest BCUT2D eigenvalue weighted by molar-refractivity contribution is 7.98. The predicted molar refractivity (Wildman–Crippen MR) is 139 cm³/mol. The first-order valence-corrected chi connectivity index (χ1v) is 13.6. The van der Waals surface area contributed by atoms with Crippen LogP contribution in [-0.2, 0) is 18.7 Å². The van der Waals surface area contributed by atoms with E-state index >= 15 is 0 Å². The number of pyridine rings is 2. The second-order valence-corrected chi connectivity index (χ2v) is 10.7. The van der Waals surface area contributed by atoms with Gasteiger partial charge >= 0.3 is 0 Å². The second kappa shape index (κ2) is 10.9. The highest BCUT2D eigenvalue weighted by atomic mass is 32.2. The summed E-state index contributed by atoms with van der Waals surface area (Å²) in [6.07, 6.45) is 7.68. The van der Waals surface area contributed by atoms with E-state index in [1.807, 2.05) is 76.3 Å². The number of ketones is 2. The average Bonchev–Trinajstić information content (AvgIpc) is 3.66. The average molecular weight is 518 g/mol. The number of rotatable bonds is 10. The molecule has 0 aliphatic heterocycles. The van der Waals surface area contributed by atoms with Crippen LogP contribution in [0, 0.1) is 0 Å². The number of hydrogen-bond donors (Lipinski definition) is 1. The lowest BCUT2D eigenvalue weighted by Gasteiger charge is -2.07. The Bertz CT molecular complexity index is 1440. The summed E-state index contributed by atoms with van der Waals surface area (Å²) < 4.78 is 1.88. The fraction of sp³-hybridized carbons (Fsp3) is 0.115. The van der Waals surface area contributed by atoms with Crippen LogP contribution >= 0.6 is 34.4 Å². The van der Waals surface area contributed by atoms with Crippen molar-refractivity contribution in [2.75, 3.05) is 0 Å². The molecule has 5 aromatic heterocycles. The van der Waals surface area contributed by atoms with Crippen molar-refractivity contribution in [1.82, 2.24) is 15.2 Å². The molecule has 0 spiro atoms. The van der Waals surface area contributed by atoms with Crippen LogP contribution < -0.4 is 4.57 Å². The van der Waals surface area contributed by atoms with E-state index < -0.39 is 0 Å². The summed E-state index contributed by atoms with van der Waals surface area (Å²) in [5, 5.41) is 11.4. The minimum Gasteiger partial charge on any atom is -0.293 e. The Balaban J connectivity index is 1.24. The summed E-state index contributed by atoms with van der Waals surface area (Å²) in [7, 11) is 0. The molecule has 5 aromatic rings. The molecule has 174 valence electrons. The Labute approximate surface area is 214 Å². The van der Waals surface area contributed by atoms with Gasteiger partial charge in [0.2, 0.25) is 12.3 Å². The molecular formula is C26H21N4O2S3+. The zero-order chi connectivity index (χ0) is 24.0. The van der Waals surface area contributed by atoms with Gasteiger partial charge in [0.15, 0.2) is 18.2 Å². The third-order valence-corrected chi connectivity index (χ3v) is 8.28. The highest BCUT2D eigenvalue weighted by Crippen LogP contribution is 2.28. The smallest absolute Gasteiger partial charge is 0.237 e. The highest BCUT2D eigenvalue weighted by Gasteiger charge is 2.16. The molecule has 0 atom stereocenters. The normalized spacial score (nSPS) is 11.0. The van der Waals surface area contributed by atoms with E-state index in [1.165, 1.54) is 22.7 Å². The molecule has 0 amide bonds. The van der Waals surface area contributed by atoms with Crippen LogP contribution in [-0.4, -0.2) is 26.7 Å². The maximum Gasteiger partial charge on any atom is 0.237 e. The Kier molecular flexibility index (Phi) is 7.27. The summed E-state index contributed by atoms with van der Waals surface area (Å²) in [5.41, 5.74) is 3.66. The van der Waals surface area contributed by atoms with E-state index in [-0.39, 0.29) is 18.1 Å². The minimum absolute atomic E-state index is 0.0898. The molecule has 9 heteroatoms. The van der Waals surface area contributed by atoms with Gasteiger partial charge in [-0.2, -0.15) is 9.67 Å². The Hall–Kier alpha value is -3.40. The topological polar surface area (TPSA) is 79.6 Å². The van der Waals surface area contributed by atoms with E-state index in [4.69, 9.17) is 0 Å². The lowest BCUT2D eigenvalue weighted by atomic mass is 10.1. The Morgan fingerprint density at radius 2 is 1.80 bits per heavy atom. The summed E-state index contributed by atoms with van der Waals surface area (Å²) in [4.78, 5) is 31.8. The first kappa shape index (κ1) is 23.3. The third kappa shape index (κ3) is 5.82. The van der Waals surface area contributed by atoms with Crippen LogP contribution in [0.1, 0.15) is 30.6 Å². The van der Waals surface area contributed by atoms with Gasteiger partial charge in [-0.05, 0) is 46.7 Å². The molecule has 35 heavy (non-hydrogen) atoms. The van der Waals surface area contributed by atoms with Gasteiger partial charge in [-0.3, -0.25) is 19.7 Å². The van der Waals surface area contributed by atoms with E-state index in [0.29, 0.717) is 12.2 Å². The van der Waals surface area contributed by atoms with Crippen LogP contribution in [0.15, 0.2) is 89.0 Å². The largest absolute Gasteiger partial charge is 0.293 e. The molecule has 0 fully saturated rings. The molecule has 5 heterocycles. The van der Waals surface area contributed by atoms with Gasteiger partial charge in [-0.1, -0.05) is 12.1 Å². The van der Waals surface area contributed by atoms with E-state index in [1.54, 1.807) is 24.2 Å². The van der Waals surface area contributed by atoms with Crippen LogP contribution in [0.25, 0.3) is 11.3 Å². The van der Waals surface area contributed by atoms with Gasteiger partial charge in [0.1, 0.15) is 0 Å².